The fourth-order valence-electron chi connectivity index (χ4n) is 4.52. The number of Topliss-reactive ketones (excluding diaryl/α,β-unsaturated/α-hetero) is 2. The molecule has 0 saturated carbocycles. The minimum atomic E-state index is -1.27. The number of carboxylic acid groups (broad SMARTS) is 1. The normalized spacial score (nSPS) is 13.9. The van der Waals surface area contributed by atoms with E-state index in [1.54, 1.807) is 13.2 Å². The van der Waals surface area contributed by atoms with Gasteiger partial charge in [0.25, 0.3) is 0 Å². The van der Waals surface area contributed by atoms with E-state index in [0.717, 1.165) is 12.8 Å². The van der Waals surface area contributed by atoms with Gasteiger partial charge < -0.3 is 45.3 Å². The Balaban J connectivity index is 5.49. The first-order chi connectivity index (χ1) is 25.3. The van der Waals surface area contributed by atoms with Gasteiger partial charge in [-0.05, 0) is 25.5 Å². The summed E-state index contributed by atoms with van der Waals surface area (Å²) >= 11 is 1.26. The van der Waals surface area contributed by atoms with Crippen molar-refractivity contribution in [1.82, 2.24) is 21.3 Å². The molecule has 0 rings (SSSR count). The summed E-state index contributed by atoms with van der Waals surface area (Å²) in [7, 11) is 0. The van der Waals surface area contributed by atoms with Crippen LogP contribution in [0.15, 0.2) is 0 Å². The molecule has 0 fully saturated rings. The van der Waals surface area contributed by atoms with E-state index in [1.807, 2.05) is 20.8 Å². The van der Waals surface area contributed by atoms with Gasteiger partial charge in [-0.3, -0.25) is 33.6 Å². The van der Waals surface area contributed by atoms with Crippen molar-refractivity contribution in [1.29, 1.82) is 0 Å². The van der Waals surface area contributed by atoms with Gasteiger partial charge in [-0.1, -0.05) is 34.6 Å². The van der Waals surface area contributed by atoms with E-state index >= 15 is 0 Å². The second kappa shape index (κ2) is 31.3. The number of carbonyl (C=O) groups is 7. The zero-order valence-corrected chi connectivity index (χ0v) is 33.3. The van der Waals surface area contributed by atoms with Crippen LogP contribution in [0.1, 0.15) is 79.6 Å². The van der Waals surface area contributed by atoms with Crippen molar-refractivity contribution >= 4 is 52.9 Å². The predicted molar refractivity (Wildman–Crippen MR) is 200 cm³/mol. The van der Waals surface area contributed by atoms with Crippen LogP contribution < -0.4 is 21.3 Å². The first-order valence-corrected chi connectivity index (χ1v) is 19.9. The monoisotopic (exact) mass is 776 g/mol. The lowest BCUT2D eigenvalue weighted by Crippen LogP contribution is -2.52. The molecule has 0 spiro atoms. The van der Waals surface area contributed by atoms with Crippen LogP contribution >= 0.6 is 11.8 Å². The van der Waals surface area contributed by atoms with Crippen molar-refractivity contribution in [3.05, 3.63) is 0 Å². The minimum Gasteiger partial charge on any atom is -0.481 e. The Bertz CT molecular complexity index is 1110. The fraction of sp³-hybridized carbons (Fsp3) is 0.806. The van der Waals surface area contributed by atoms with Crippen molar-refractivity contribution in [2.24, 2.45) is 17.8 Å². The summed E-state index contributed by atoms with van der Waals surface area (Å²) in [5.41, 5.74) is 0. The summed E-state index contributed by atoms with van der Waals surface area (Å²) in [4.78, 5) is 89.5. The van der Waals surface area contributed by atoms with Crippen LogP contribution in [0.25, 0.3) is 0 Å². The standard InChI is InChI=1S/C36H64N4O12S/c1-7-12-49-16-18-51-14-10-32(43)37-22-28(39-34(45)25(4)9-3)30(41)20-26(5)35(46)40-29(31(42)21-27(24-53-6)36(47)48)23-38-33(44)11-15-52-19-17-50-13-8-2/h25-29H,7-24H2,1-6H3,(H,37,43)(H,38,44)(H,39,45)(H,40,46)(H,47,48)/t25?,26-,27?,28+,29+/m1/s1. The number of hydrogen-bond acceptors (Lipinski definition) is 12. The van der Waals surface area contributed by atoms with Crippen LogP contribution in [-0.2, 0) is 52.5 Å². The van der Waals surface area contributed by atoms with Gasteiger partial charge in [0.2, 0.25) is 23.6 Å². The number of amides is 4. The first kappa shape index (κ1) is 49.9. The lowest BCUT2D eigenvalue weighted by molar-refractivity contribution is -0.143. The van der Waals surface area contributed by atoms with Crippen LogP contribution in [0, 0.1) is 17.8 Å². The summed E-state index contributed by atoms with van der Waals surface area (Å²) in [6.45, 7) is 11.4. The molecule has 0 bridgehead atoms. The molecule has 2 unspecified atom stereocenters. The molecule has 5 atom stereocenters. The third kappa shape index (κ3) is 24.8. The van der Waals surface area contributed by atoms with Gasteiger partial charge >= 0.3 is 5.97 Å². The van der Waals surface area contributed by atoms with Gasteiger partial charge in [0.15, 0.2) is 11.6 Å². The number of rotatable bonds is 34. The number of ether oxygens (including phenoxy) is 4. The Kier molecular flexibility index (Phi) is 29.4. The number of ketones is 2. The highest BCUT2D eigenvalue weighted by atomic mass is 32.2. The largest absolute Gasteiger partial charge is 0.481 e. The molecule has 17 heteroatoms. The van der Waals surface area contributed by atoms with E-state index in [2.05, 4.69) is 21.3 Å². The lowest BCUT2D eigenvalue weighted by Gasteiger charge is -2.24. The van der Waals surface area contributed by atoms with Gasteiger partial charge in [0.05, 0.1) is 45.6 Å². The number of thioether (sulfide) groups is 1. The van der Waals surface area contributed by atoms with Crippen molar-refractivity contribution < 1.29 is 57.6 Å². The molecule has 53 heavy (non-hydrogen) atoms. The summed E-state index contributed by atoms with van der Waals surface area (Å²) in [6, 6.07) is -2.39. The van der Waals surface area contributed by atoms with Crippen LogP contribution in [0.2, 0.25) is 0 Å². The van der Waals surface area contributed by atoms with Crippen molar-refractivity contribution in [3.63, 3.8) is 0 Å². The maximum atomic E-state index is 13.4. The molecule has 0 radical (unpaired) electrons. The van der Waals surface area contributed by atoms with E-state index in [4.69, 9.17) is 18.9 Å². The van der Waals surface area contributed by atoms with Crippen LogP contribution in [0.5, 0.6) is 0 Å². The van der Waals surface area contributed by atoms with Crippen molar-refractivity contribution in [3.8, 4) is 0 Å². The van der Waals surface area contributed by atoms with Gasteiger partial charge in [-0.15, -0.1) is 0 Å². The molecule has 0 aromatic heterocycles. The van der Waals surface area contributed by atoms with E-state index in [1.165, 1.54) is 18.7 Å². The summed E-state index contributed by atoms with van der Waals surface area (Å²) < 4.78 is 21.4. The smallest absolute Gasteiger partial charge is 0.307 e. The number of aliphatic carboxylic acids is 1. The third-order valence-corrected chi connectivity index (χ3v) is 8.72. The summed E-state index contributed by atoms with van der Waals surface area (Å²) in [5, 5.41) is 20.1. The zero-order chi connectivity index (χ0) is 40.0. The maximum Gasteiger partial charge on any atom is 0.307 e. The quantitative estimate of drug-likeness (QED) is 0.0586. The molecular weight excluding hydrogens is 712 g/mol. The number of hydrogen-bond donors (Lipinski definition) is 5. The van der Waals surface area contributed by atoms with Gasteiger partial charge in [-0.2, -0.15) is 11.8 Å². The van der Waals surface area contributed by atoms with E-state index in [-0.39, 0.29) is 63.6 Å². The zero-order valence-electron chi connectivity index (χ0n) is 32.5. The van der Waals surface area contributed by atoms with E-state index < -0.39 is 65.1 Å². The van der Waals surface area contributed by atoms with Crippen molar-refractivity contribution in [2.45, 2.75) is 91.6 Å². The fourth-order valence-corrected chi connectivity index (χ4v) is 5.18. The molecule has 4 amide bonds. The molecule has 0 aliphatic carbocycles. The molecule has 0 aliphatic heterocycles. The minimum absolute atomic E-state index is 0.0148. The third-order valence-electron chi connectivity index (χ3n) is 7.98. The molecule has 0 aliphatic rings. The number of carboxylic acids is 1. The van der Waals surface area contributed by atoms with E-state index in [9.17, 15) is 38.7 Å². The number of nitrogens with one attached hydrogen (secondary N) is 4. The number of carbonyl (C=O) groups excluding carboxylic acids is 6. The maximum absolute atomic E-state index is 13.4. The van der Waals surface area contributed by atoms with Crippen LogP contribution in [0.4, 0.5) is 0 Å². The molecule has 5 N–H and O–H groups in total. The highest BCUT2D eigenvalue weighted by molar-refractivity contribution is 7.98. The van der Waals surface area contributed by atoms with Gasteiger partial charge in [-0.25, -0.2) is 0 Å². The average Bonchev–Trinajstić information content (AvgIpc) is 3.13. The molecule has 0 aromatic carbocycles. The second-order valence-corrected chi connectivity index (χ2v) is 13.6. The first-order valence-electron chi connectivity index (χ1n) is 18.5. The van der Waals surface area contributed by atoms with E-state index in [0.29, 0.717) is 46.1 Å². The molecule has 0 aromatic rings. The van der Waals surface area contributed by atoms with Gasteiger partial charge in [0.1, 0.15) is 12.1 Å². The molecule has 16 nitrogen and oxygen atoms in total. The molecular formula is C36H64N4O12S. The highest BCUT2D eigenvalue weighted by Gasteiger charge is 2.31. The molecule has 0 heterocycles. The van der Waals surface area contributed by atoms with Crippen molar-refractivity contribution in [2.75, 3.05) is 78.0 Å². The predicted octanol–water partition coefficient (Wildman–Crippen LogP) is 1.52. The lowest BCUT2D eigenvalue weighted by atomic mass is 9.96. The van der Waals surface area contributed by atoms with Crippen LogP contribution in [-0.4, -0.2) is 136 Å². The Hall–Kier alpha value is -3.12. The molecule has 306 valence electrons. The Morgan fingerprint density at radius 1 is 0.604 bits per heavy atom. The topological polar surface area (TPSA) is 225 Å². The Morgan fingerprint density at radius 2 is 1.02 bits per heavy atom. The summed E-state index contributed by atoms with van der Waals surface area (Å²) in [6.07, 6.45) is 3.28. The van der Waals surface area contributed by atoms with Gasteiger partial charge in [0, 0.05) is 69.6 Å². The summed E-state index contributed by atoms with van der Waals surface area (Å²) in [5.74, 6) is -6.41. The SMILES string of the molecule is CCCOCCOCCC(=O)NC[C@H](NC(=O)C(C)CC)C(=O)C[C@@H](C)C(=O)N[C@@H](CNC(=O)CCOCCOCCC)C(=O)CC(CSC)C(=O)O. The Morgan fingerprint density at radius 3 is 1.42 bits per heavy atom. The molecule has 0 saturated heterocycles. The Labute approximate surface area is 318 Å². The average molecular weight is 777 g/mol. The van der Waals surface area contributed by atoms with Crippen LogP contribution in [0.3, 0.4) is 0 Å². The highest BCUT2D eigenvalue weighted by Crippen LogP contribution is 2.14. The second-order valence-electron chi connectivity index (χ2n) is 12.7.